The van der Waals surface area contributed by atoms with Crippen LogP contribution in [0.4, 0.5) is 55.0 Å². The van der Waals surface area contributed by atoms with Crippen LogP contribution in [-0.4, -0.2) is 9.97 Å². The number of nitrogen functional groups attached to an aromatic ring is 1. The van der Waals surface area contributed by atoms with Gasteiger partial charge in [0.1, 0.15) is 12.0 Å². The monoisotopic (exact) mass is 481 g/mol. The van der Waals surface area contributed by atoms with Crippen molar-refractivity contribution in [2.24, 2.45) is 0 Å². The van der Waals surface area contributed by atoms with Crippen molar-refractivity contribution < 1.29 is 26.3 Å². The maximum Gasteiger partial charge on any atom is 0.416 e. The minimum absolute atomic E-state index is 0.0403. The van der Waals surface area contributed by atoms with Crippen molar-refractivity contribution in [1.29, 1.82) is 0 Å². The predicted molar refractivity (Wildman–Crippen MR) is 106 cm³/mol. The summed E-state index contributed by atoms with van der Waals surface area (Å²) in [6, 6.07) is 5.23. The summed E-state index contributed by atoms with van der Waals surface area (Å²) in [6.45, 7) is 0. The summed E-state index contributed by atoms with van der Waals surface area (Å²) in [5, 5.41) is 5.06. The molecule has 0 saturated heterocycles. The van der Waals surface area contributed by atoms with Gasteiger partial charge in [0.25, 0.3) is 0 Å². The Morgan fingerprint density at radius 3 is 1.45 bits per heavy atom. The van der Waals surface area contributed by atoms with Gasteiger partial charge in [0, 0.05) is 0 Å². The Balaban J connectivity index is 1.94. The summed E-state index contributed by atoms with van der Waals surface area (Å²) >= 11 is 11.9. The molecule has 13 heteroatoms. The predicted octanol–water partition coefficient (Wildman–Crippen LogP) is 6.89. The molecule has 1 heterocycles. The molecule has 0 saturated carbocycles. The smallest absolute Gasteiger partial charge is 0.393 e. The number of anilines is 5. The van der Waals surface area contributed by atoms with Gasteiger partial charge in [-0.25, -0.2) is 9.97 Å². The zero-order valence-corrected chi connectivity index (χ0v) is 16.5. The van der Waals surface area contributed by atoms with E-state index in [4.69, 9.17) is 28.9 Å². The number of nitrogens with one attached hydrogen (secondary N) is 2. The van der Waals surface area contributed by atoms with Crippen LogP contribution in [0, 0.1) is 0 Å². The van der Waals surface area contributed by atoms with Crippen molar-refractivity contribution in [3.8, 4) is 0 Å². The highest BCUT2D eigenvalue weighted by molar-refractivity contribution is 6.33. The topological polar surface area (TPSA) is 75.9 Å². The molecule has 0 atom stereocenters. The zero-order valence-electron chi connectivity index (χ0n) is 15.0. The minimum Gasteiger partial charge on any atom is -0.393 e. The van der Waals surface area contributed by atoms with Crippen LogP contribution in [0.15, 0.2) is 42.7 Å². The molecule has 0 spiro atoms. The van der Waals surface area contributed by atoms with Crippen molar-refractivity contribution in [1.82, 2.24) is 9.97 Å². The molecule has 0 bridgehead atoms. The normalized spacial score (nSPS) is 12.0. The second-order valence-electron chi connectivity index (χ2n) is 6.12. The van der Waals surface area contributed by atoms with E-state index < -0.39 is 23.5 Å². The summed E-state index contributed by atoms with van der Waals surface area (Å²) < 4.78 is 77.7. The van der Waals surface area contributed by atoms with Crippen molar-refractivity contribution in [3.05, 3.63) is 63.9 Å². The summed E-state index contributed by atoms with van der Waals surface area (Å²) in [5.41, 5.74) is 3.57. The van der Waals surface area contributed by atoms with E-state index in [-0.39, 0.29) is 38.7 Å². The van der Waals surface area contributed by atoms with Gasteiger partial charge in [-0.05, 0) is 36.4 Å². The van der Waals surface area contributed by atoms with E-state index in [1.807, 2.05) is 0 Å². The maximum atomic E-state index is 13.0. The van der Waals surface area contributed by atoms with Crippen LogP contribution in [0.5, 0.6) is 0 Å². The summed E-state index contributed by atoms with van der Waals surface area (Å²) in [4.78, 5) is 7.70. The van der Waals surface area contributed by atoms with Gasteiger partial charge in [-0.3, -0.25) is 0 Å². The van der Waals surface area contributed by atoms with Crippen LogP contribution in [0.3, 0.4) is 0 Å². The van der Waals surface area contributed by atoms with Crippen molar-refractivity contribution in [2.45, 2.75) is 12.4 Å². The Hall–Kier alpha value is -2.92. The molecule has 0 unspecified atom stereocenters. The summed E-state index contributed by atoms with van der Waals surface area (Å²) in [7, 11) is 0. The summed E-state index contributed by atoms with van der Waals surface area (Å²) in [6.07, 6.45) is -8.21. The first kappa shape index (κ1) is 22.8. The molecule has 0 fully saturated rings. The lowest BCUT2D eigenvalue weighted by molar-refractivity contribution is -0.138. The molecule has 3 aromatic rings. The zero-order chi connectivity index (χ0) is 23.0. The number of hydrogen-bond acceptors (Lipinski definition) is 5. The lowest BCUT2D eigenvalue weighted by Gasteiger charge is -2.16. The number of nitrogens with two attached hydrogens (primary N) is 1. The first-order chi connectivity index (χ1) is 14.4. The quantitative estimate of drug-likeness (QED) is 0.353. The van der Waals surface area contributed by atoms with E-state index in [1.54, 1.807) is 0 Å². The minimum atomic E-state index is -4.61. The molecule has 5 nitrogen and oxygen atoms in total. The van der Waals surface area contributed by atoms with E-state index in [1.165, 1.54) is 0 Å². The van der Waals surface area contributed by atoms with Gasteiger partial charge in [-0.1, -0.05) is 23.2 Å². The molecule has 3 rings (SSSR count). The highest BCUT2D eigenvalue weighted by Crippen LogP contribution is 2.38. The fraction of sp³-hybridized carbons (Fsp3) is 0.111. The standard InChI is InChI=1S/C18H11Cl2F6N5/c19-10-3-1-8(17(21,22)23)5-12(10)30-15-14(27)16(29-7-28-15)31-13-6-9(18(24,25)26)2-4-11(13)20/h1-7H,27H2,(H2,28,29,30,31). The molecule has 164 valence electrons. The van der Waals surface area contributed by atoms with Crippen LogP contribution in [0.25, 0.3) is 0 Å². The van der Waals surface area contributed by atoms with Crippen LogP contribution >= 0.6 is 23.2 Å². The molecule has 1 aromatic heterocycles. The molecule has 31 heavy (non-hydrogen) atoms. The third-order valence-electron chi connectivity index (χ3n) is 3.98. The Bertz CT molecular complexity index is 1030. The lowest BCUT2D eigenvalue weighted by atomic mass is 10.2. The fourth-order valence-corrected chi connectivity index (χ4v) is 2.77. The molecular weight excluding hydrogens is 471 g/mol. The molecule has 2 aromatic carbocycles. The number of hydrogen-bond donors (Lipinski definition) is 3. The SMILES string of the molecule is Nc1c(Nc2cc(C(F)(F)F)ccc2Cl)ncnc1Nc1cc(C(F)(F)F)ccc1Cl. The fourth-order valence-electron chi connectivity index (χ4n) is 2.44. The van der Waals surface area contributed by atoms with Crippen LogP contribution < -0.4 is 16.4 Å². The first-order valence-corrected chi connectivity index (χ1v) is 9.00. The molecular formula is C18H11Cl2F6N5. The molecule has 0 aliphatic rings. The Kier molecular flexibility index (Phi) is 6.10. The van der Waals surface area contributed by atoms with Gasteiger partial charge in [0.05, 0.1) is 32.5 Å². The number of halogens is 8. The highest BCUT2D eigenvalue weighted by Gasteiger charge is 2.32. The molecule has 0 radical (unpaired) electrons. The molecule has 0 aliphatic heterocycles. The molecule has 4 N–H and O–H groups in total. The van der Waals surface area contributed by atoms with Crippen molar-refractivity contribution in [3.63, 3.8) is 0 Å². The number of nitrogens with zero attached hydrogens (tertiary/aromatic N) is 2. The number of alkyl halides is 6. The van der Waals surface area contributed by atoms with Crippen molar-refractivity contribution in [2.75, 3.05) is 16.4 Å². The Morgan fingerprint density at radius 1 is 0.710 bits per heavy atom. The molecule has 0 amide bonds. The largest absolute Gasteiger partial charge is 0.416 e. The third kappa shape index (κ3) is 5.23. The van der Waals surface area contributed by atoms with Gasteiger partial charge >= 0.3 is 12.4 Å². The number of benzene rings is 2. The van der Waals surface area contributed by atoms with Gasteiger partial charge in [-0.15, -0.1) is 0 Å². The Labute approximate surface area is 181 Å². The number of rotatable bonds is 4. The van der Waals surface area contributed by atoms with Gasteiger partial charge in [0.15, 0.2) is 11.6 Å². The van der Waals surface area contributed by atoms with Crippen LogP contribution in [0.2, 0.25) is 10.0 Å². The maximum absolute atomic E-state index is 13.0. The van der Waals surface area contributed by atoms with E-state index in [9.17, 15) is 26.3 Å². The first-order valence-electron chi connectivity index (χ1n) is 8.24. The molecule has 0 aliphatic carbocycles. The van der Waals surface area contributed by atoms with E-state index >= 15 is 0 Å². The third-order valence-corrected chi connectivity index (χ3v) is 4.64. The average Bonchev–Trinajstić information content (AvgIpc) is 2.66. The second kappa shape index (κ2) is 8.31. The summed E-state index contributed by atoms with van der Waals surface area (Å²) in [5.74, 6) is -0.247. The lowest BCUT2D eigenvalue weighted by Crippen LogP contribution is -2.09. The van der Waals surface area contributed by atoms with Crippen molar-refractivity contribution >= 4 is 51.9 Å². The Morgan fingerprint density at radius 2 is 1.10 bits per heavy atom. The van der Waals surface area contributed by atoms with Gasteiger partial charge in [0.2, 0.25) is 0 Å². The average molecular weight is 482 g/mol. The van der Waals surface area contributed by atoms with Crippen LogP contribution in [0.1, 0.15) is 11.1 Å². The van der Waals surface area contributed by atoms with E-state index in [0.29, 0.717) is 0 Å². The van der Waals surface area contributed by atoms with E-state index in [0.717, 1.165) is 42.7 Å². The van der Waals surface area contributed by atoms with E-state index in [2.05, 4.69) is 20.6 Å². The van der Waals surface area contributed by atoms with Crippen LogP contribution in [-0.2, 0) is 12.4 Å². The number of aromatic nitrogens is 2. The van der Waals surface area contributed by atoms with Gasteiger partial charge in [-0.2, -0.15) is 26.3 Å². The second-order valence-corrected chi connectivity index (χ2v) is 6.93. The highest BCUT2D eigenvalue weighted by atomic mass is 35.5. The van der Waals surface area contributed by atoms with Gasteiger partial charge < -0.3 is 16.4 Å².